The van der Waals surface area contributed by atoms with Crippen LogP contribution in [0.25, 0.3) is 0 Å². The molecule has 0 aromatic carbocycles. The highest BCUT2D eigenvalue weighted by molar-refractivity contribution is 5.06. The van der Waals surface area contributed by atoms with Crippen molar-refractivity contribution in [1.29, 1.82) is 0 Å². The summed E-state index contributed by atoms with van der Waals surface area (Å²) in [5.41, 5.74) is -0.341. The Morgan fingerprint density at radius 1 is 1.06 bits per heavy atom. The average molecular weight is 254 g/mol. The van der Waals surface area contributed by atoms with Gasteiger partial charge in [-0.1, -0.05) is 6.92 Å². The van der Waals surface area contributed by atoms with Crippen molar-refractivity contribution in [3.63, 3.8) is 0 Å². The summed E-state index contributed by atoms with van der Waals surface area (Å²) < 4.78 is 12.0. The quantitative estimate of drug-likeness (QED) is 0.623. The SMILES string of the molecule is C[C@@H]1CCC2CCO[C@@H]3O[C@]4(C)CC[C@@H]1[C@@]23OO4. The van der Waals surface area contributed by atoms with Gasteiger partial charge in [0.15, 0.2) is 11.9 Å². The minimum atomic E-state index is -0.616. The maximum atomic E-state index is 6.11. The van der Waals surface area contributed by atoms with Crippen molar-refractivity contribution in [2.24, 2.45) is 17.8 Å². The molecule has 1 saturated carbocycles. The first-order valence-electron chi connectivity index (χ1n) is 7.30. The molecule has 0 amide bonds. The third-order valence-electron chi connectivity index (χ3n) is 5.61. The van der Waals surface area contributed by atoms with Crippen LogP contribution in [0.5, 0.6) is 0 Å². The van der Waals surface area contributed by atoms with E-state index >= 15 is 0 Å². The highest BCUT2D eigenvalue weighted by Gasteiger charge is 2.66. The monoisotopic (exact) mass is 254 g/mol. The average Bonchev–Trinajstić information content (AvgIpc) is 2.59. The van der Waals surface area contributed by atoms with Crippen LogP contribution in [0.3, 0.4) is 0 Å². The molecule has 5 rings (SSSR count). The van der Waals surface area contributed by atoms with Gasteiger partial charge in [-0.15, -0.1) is 0 Å². The van der Waals surface area contributed by atoms with Gasteiger partial charge in [-0.3, -0.25) is 0 Å². The fourth-order valence-electron chi connectivity index (χ4n) is 4.55. The van der Waals surface area contributed by atoms with E-state index in [0.29, 0.717) is 17.8 Å². The van der Waals surface area contributed by atoms with Crippen LogP contribution in [-0.4, -0.2) is 24.3 Å². The Bertz CT molecular complexity index is 356. The van der Waals surface area contributed by atoms with Crippen LogP contribution in [0.15, 0.2) is 0 Å². The van der Waals surface area contributed by atoms with Crippen LogP contribution in [0.4, 0.5) is 0 Å². The molecule has 102 valence electrons. The Hall–Kier alpha value is -0.160. The number of rotatable bonds is 0. The number of ether oxygens (including phenoxy) is 2. The summed E-state index contributed by atoms with van der Waals surface area (Å²) in [5, 5.41) is 0. The Morgan fingerprint density at radius 3 is 2.83 bits per heavy atom. The molecule has 1 spiro atoms. The second-order valence-corrected chi connectivity index (χ2v) is 6.66. The molecule has 1 unspecified atom stereocenters. The van der Waals surface area contributed by atoms with E-state index in [-0.39, 0.29) is 11.9 Å². The molecule has 2 bridgehead atoms. The van der Waals surface area contributed by atoms with E-state index in [2.05, 4.69) is 6.92 Å². The minimum Gasteiger partial charge on any atom is -0.349 e. The molecular formula is C14H22O4. The van der Waals surface area contributed by atoms with E-state index in [1.165, 1.54) is 12.8 Å². The Kier molecular flexibility index (Phi) is 2.39. The predicted octanol–water partition coefficient (Wildman–Crippen LogP) is 2.62. The standard InChI is InChI=1S/C14H22O4/c1-9-3-4-10-6-8-15-12-14(10)11(9)5-7-13(2,16-12)17-18-14/h9-12H,3-8H2,1-2H3/t9-,10?,11+,12-,13+,14+/m1/s1. The number of hydrogen-bond donors (Lipinski definition) is 0. The van der Waals surface area contributed by atoms with E-state index in [9.17, 15) is 0 Å². The van der Waals surface area contributed by atoms with Crippen molar-refractivity contribution in [3.05, 3.63) is 0 Å². The Morgan fingerprint density at radius 2 is 1.94 bits per heavy atom. The smallest absolute Gasteiger partial charge is 0.201 e. The van der Waals surface area contributed by atoms with Gasteiger partial charge in [0.25, 0.3) is 0 Å². The summed E-state index contributed by atoms with van der Waals surface area (Å²) in [7, 11) is 0. The van der Waals surface area contributed by atoms with Crippen molar-refractivity contribution >= 4 is 0 Å². The van der Waals surface area contributed by atoms with E-state index in [0.717, 1.165) is 25.9 Å². The first-order valence-corrected chi connectivity index (χ1v) is 7.30. The lowest BCUT2D eigenvalue weighted by molar-refractivity contribution is -0.564. The first kappa shape index (κ1) is 11.6. The van der Waals surface area contributed by atoms with Gasteiger partial charge in [-0.2, -0.15) is 0 Å². The Labute approximate surface area is 108 Å². The molecule has 0 radical (unpaired) electrons. The molecule has 5 fully saturated rings. The third kappa shape index (κ3) is 1.35. The molecule has 4 heterocycles. The maximum Gasteiger partial charge on any atom is 0.201 e. The molecule has 4 nitrogen and oxygen atoms in total. The van der Waals surface area contributed by atoms with Gasteiger partial charge >= 0.3 is 0 Å². The van der Waals surface area contributed by atoms with Crippen LogP contribution < -0.4 is 0 Å². The van der Waals surface area contributed by atoms with Crippen molar-refractivity contribution in [1.82, 2.24) is 0 Å². The van der Waals surface area contributed by atoms with E-state index in [4.69, 9.17) is 19.2 Å². The van der Waals surface area contributed by atoms with Gasteiger partial charge in [0.05, 0.1) is 6.61 Å². The molecule has 4 saturated heterocycles. The molecule has 0 aromatic heterocycles. The summed E-state index contributed by atoms with van der Waals surface area (Å²) in [6.07, 6.45) is 5.36. The lowest BCUT2D eigenvalue weighted by Gasteiger charge is -2.57. The highest BCUT2D eigenvalue weighted by atomic mass is 17.3. The zero-order valence-corrected chi connectivity index (χ0v) is 11.2. The maximum absolute atomic E-state index is 6.11. The zero-order chi connectivity index (χ0) is 12.4. The van der Waals surface area contributed by atoms with E-state index in [1.807, 2.05) is 6.92 Å². The van der Waals surface area contributed by atoms with Gasteiger partial charge < -0.3 is 9.47 Å². The van der Waals surface area contributed by atoms with Crippen LogP contribution >= 0.6 is 0 Å². The summed E-state index contributed by atoms with van der Waals surface area (Å²) in [4.78, 5) is 11.6. The normalized spacial score (nSPS) is 59.0. The van der Waals surface area contributed by atoms with Gasteiger partial charge in [0.2, 0.25) is 5.79 Å². The molecule has 5 aliphatic rings. The second kappa shape index (κ2) is 3.69. The highest BCUT2D eigenvalue weighted by Crippen LogP contribution is 2.58. The predicted molar refractivity (Wildman–Crippen MR) is 63.4 cm³/mol. The molecule has 4 heteroatoms. The van der Waals surface area contributed by atoms with Crippen molar-refractivity contribution < 1.29 is 19.2 Å². The topological polar surface area (TPSA) is 36.9 Å². The molecule has 0 N–H and O–H groups in total. The van der Waals surface area contributed by atoms with Gasteiger partial charge in [0.1, 0.15) is 0 Å². The molecule has 4 aliphatic heterocycles. The summed E-state index contributed by atoms with van der Waals surface area (Å²) in [6, 6.07) is 0. The molecule has 6 atom stereocenters. The molecule has 1 aliphatic carbocycles. The zero-order valence-electron chi connectivity index (χ0n) is 11.2. The molecule has 18 heavy (non-hydrogen) atoms. The molecule has 0 aromatic rings. The number of fused-ring (bicyclic) bond motifs is 2. The third-order valence-corrected chi connectivity index (χ3v) is 5.61. The fourth-order valence-corrected chi connectivity index (χ4v) is 4.55. The van der Waals surface area contributed by atoms with Crippen molar-refractivity contribution in [3.8, 4) is 0 Å². The minimum absolute atomic E-state index is 0.231. The summed E-state index contributed by atoms with van der Waals surface area (Å²) >= 11 is 0. The largest absolute Gasteiger partial charge is 0.349 e. The van der Waals surface area contributed by atoms with E-state index in [1.54, 1.807) is 0 Å². The lowest BCUT2D eigenvalue weighted by Crippen LogP contribution is -2.67. The van der Waals surface area contributed by atoms with Crippen LogP contribution in [0, 0.1) is 17.8 Å². The van der Waals surface area contributed by atoms with Crippen LogP contribution in [0.2, 0.25) is 0 Å². The van der Waals surface area contributed by atoms with Crippen LogP contribution in [-0.2, 0) is 19.2 Å². The van der Waals surface area contributed by atoms with Crippen molar-refractivity contribution in [2.45, 2.75) is 63.6 Å². The summed E-state index contributed by atoms with van der Waals surface area (Å²) in [5.74, 6) is 1.08. The Balaban J connectivity index is 1.80. The van der Waals surface area contributed by atoms with Crippen LogP contribution in [0.1, 0.15) is 46.0 Å². The summed E-state index contributed by atoms with van der Waals surface area (Å²) in [6.45, 7) is 5.10. The van der Waals surface area contributed by atoms with Gasteiger partial charge in [-0.05, 0) is 50.4 Å². The first-order chi connectivity index (χ1) is 8.64. The second-order valence-electron chi connectivity index (χ2n) is 6.66. The molecular weight excluding hydrogens is 232 g/mol. The van der Waals surface area contributed by atoms with Gasteiger partial charge in [-0.25, -0.2) is 9.78 Å². The van der Waals surface area contributed by atoms with E-state index < -0.39 is 5.79 Å². The number of hydrogen-bond acceptors (Lipinski definition) is 4. The van der Waals surface area contributed by atoms with Crippen molar-refractivity contribution in [2.75, 3.05) is 6.61 Å². The van der Waals surface area contributed by atoms with Gasteiger partial charge in [0, 0.05) is 6.42 Å². The lowest BCUT2D eigenvalue weighted by atomic mass is 9.61. The fraction of sp³-hybridized carbons (Fsp3) is 1.00.